The summed E-state index contributed by atoms with van der Waals surface area (Å²) in [6, 6.07) is 11.2. The fourth-order valence-corrected chi connectivity index (χ4v) is 3.16. The molecule has 0 radical (unpaired) electrons. The second kappa shape index (κ2) is 8.08. The van der Waals surface area contributed by atoms with Gasteiger partial charge in [0.05, 0.1) is 19.2 Å². The molecule has 1 amide bonds. The van der Waals surface area contributed by atoms with Gasteiger partial charge in [0.1, 0.15) is 17.4 Å². The first-order chi connectivity index (χ1) is 13.7. The maximum atomic E-state index is 12.4. The van der Waals surface area contributed by atoms with Gasteiger partial charge < -0.3 is 15.0 Å². The maximum Gasteiger partial charge on any atom is 0.253 e. The van der Waals surface area contributed by atoms with E-state index in [1.807, 2.05) is 30.3 Å². The highest BCUT2D eigenvalue weighted by Crippen LogP contribution is 2.19. The molecule has 144 valence electrons. The molecule has 8 heteroatoms. The number of pyridine rings is 1. The molecule has 0 unspecified atom stereocenters. The number of anilines is 1. The molecule has 1 saturated heterocycles. The number of carbonyl (C=O) groups is 1. The van der Waals surface area contributed by atoms with Crippen LogP contribution in [0.1, 0.15) is 29.0 Å². The molecule has 3 heterocycles. The number of rotatable bonds is 6. The Hall–Kier alpha value is -3.42. The summed E-state index contributed by atoms with van der Waals surface area (Å²) in [5, 5.41) is 9.90. The van der Waals surface area contributed by atoms with E-state index in [1.54, 1.807) is 19.4 Å². The van der Waals surface area contributed by atoms with Crippen LogP contribution in [-0.2, 0) is 6.54 Å². The van der Waals surface area contributed by atoms with Gasteiger partial charge in [0.2, 0.25) is 0 Å². The van der Waals surface area contributed by atoms with Gasteiger partial charge in [-0.3, -0.25) is 9.89 Å². The molecular formula is C20H22N6O2. The molecule has 3 aromatic rings. The Labute approximate surface area is 163 Å². The highest BCUT2D eigenvalue weighted by Gasteiger charge is 2.14. The average Bonchev–Trinajstić information content (AvgIpc) is 3.44. The second-order valence-corrected chi connectivity index (χ2v) is 6.62. The lowest BCUT2D eigenvalue weighted by Crippen LogP contribution is -2.24. The summed E-state index contributed by atoms with van der Waals surface area (Å²) in [7, 11) is 1.62. The van der Waals surface area contributed by atoms with Crippen molar-refractivity contribution in [1.82, 2.24) is 25.5 Å². The highest BCUT2D eigenvalue weighted by molar-refractivity contribution is 5.93. The number of methoxy groups -OCH3 is 1. The molecule has 28 heavy (non-hydrogen) atoms. The third-order valence-corrected chi connectivity index (χ3v) is 4.74. The van der Waals surface area contributed by atoms with E-state index in [-0.39, 0.29) is 12.5 Å². The molecule has 0 spiro atoms. The number of H-pyrrole nitrogens is 1. The molecular weight excluding hydrogens is 356 g/mol. The average molecular weight is 378 g/mol. The van der Waals surface area contributed by atoms with E-state index in [1.165, 1.54) is 12.8 Å². The molecule has 1 aliphatic rings. The molecule has 4 rings (SSSR count). The second-order valence-electron chi connectivity index (χ2n) is 6.62. The van der Waals surface area contributed by atoms with Gasteiger partial charge in [-0.05, 0) is 49.2 Å². The summed E-state index contributed by atoms with van der Waals surface area (Å²) in [6.07, 6.45) is 4.01. The van der Waals surface area contributed by atoms with Crippen molar-refractivity contribution in [2.45, 2.75) is 19.4 Å². The lowest BCUT2D eigenvalue weighted by molar-refractivity contribution is 0.0949. The van der Waals surface area contributed by atoms with Gasteiger partial charge >= 0.3 is 0 Å². The summed E-state index contributed by atoms with van der Waals surface area (Å²) in [5.74, 6) is 2.66. The van der Waals surface area contributed by atoms with Gasteiger partial charge in [0, 0.05) is 24.8 Å². The zero-order valence-corrected chi connectivity index (χ0v) is 15.7. The van der Waals surface area contributed by atoms with Crippen LogP contribution in [0.25, 0.3) is 11.4 Å². The van der Waals surface area contributed by atoms with Crippen LogP contribution in [-0.4, -0.2) is 46.3 Å². The minimum absolute atomic E-state index is 0.192. The van der Waals surface area contributed by atoms with E-state index in [9.17, 15) is 4.79 Å². The van der Waals surface area contributed by atoms with Crippen molar-refractivity contribution < 1.29 is 9.53 Å². The Morgan fingerprint density at radius 2 is 1.96 bits per heavy atom. The van der Waals surface area contributed by atoms with Crippen molar-refractivity contribution >= 4 is 11.7 Å². The fourth-order valence-electron chi connectivity index (χ4n) is 3.16. The molecule has 2 N–H and O–H groups in total. The number of hydrogen-bond acceptors (Lipinski definition) is 6. The predicted octanol–water partition coefficient (Wildman–Crippen LogP) is 2.41. The Bertz CT molecular complexity index is 930. The zero-order valence-electron chi connectivity index (χ0n) is 15.7. The van der Waals surface area contributed by atoms with Gasteiger partial charge in [-0.2, -0.15) is 5.10 Å². The standard InChI is InChI=1S/C20H22N6O2/c1-28-16-7-4-14(5-8-16)19-23-17(24-25-19)13-22-20(27)15-6-9-18(21-12-15)26-10-2-3-11-26/h4-9,12H,2-3,10-11,13H2,1H3,(H,22,27)(H,23,24,25). The van der Waals surface area contributed by atoms with Crippen LogP contribution >= 0.6 is 0 Å². The normalized spacial score (nSPS) is 13.5. The maximum absolute atomic E-state index is 12.4. The van der Waals surface area contributed by atoms with Crippen LogP contribution in [0.4, 0.5) is 5.82 Å². The summed E-state index contributed by atoms with van der Waals surface area (Å²) in [4.78, 5) is 23.4. The summed E-state index contributed by atoms with van der Waals surface area (Å²) in [6.45, 7) is 2.32. The first-order valence-electron chi connectivity index (χ1n) is 9.28. The number of carbonyl (C=O) groups excluding carboxylic acids is 1. The van der Waals surface area contributed by atoms with E-state index < -0.39 is 0 Å². The topological polar surface area (TPSA) is 96.0 Å². The van der Waals surface area contributed by atoms with Crippen molar-refractivity contribution in [1.29, 1.82) is 0 Å². The van der Waals surface area contributed by atoms with Crippen LogP contribution in [0.3, 0.4) is 0 Å². The number of hydrogen-bond donors (Lipinski definition) is 2. The number of aromatic nitrogens is 4. The van der Waals surface area contributed by atoms with E-state index in [0.717, 1.165) is 30.2 Å². The fraction of sp³-hybridized carbons (Fsp3) is 0.300. The van der Waals surface area contributed by atoms with Crippen LogP contribution in [0.15, 0.2) is 42.6 Å². The third-order valence-electron chi connectivity index (χ3n) is 4.74. The Morgan fingerprint density at radius 1 is 1.18 bits per heavy atom. The van der Waals surface area contributed by atoms with Gasteiger partial charge in [0.25, 0.3) is 5.91 Å². The molecule has 1 aromatic carbocycles. The Kier molecular flexibility index (Phi) is 5.18. The van der Waals surface area contributed by atoms with E-state index >= 15 is 0 Å². The minimum Gasteiger partial charge on any atom is -0.497 e. The smallest absolute Gasteiger partial charge is 0.253 e. The van der Waals surface area contributed by atoms with Gasteiger partial charge in [-0.25, -0.2) is 9.97 Å². The first-order valence-corrected chi connectivity index (χ1v) is 9.28. The Balaban J connectivity index is 1.35. The van der Waals surface area contributed by atoms with Gasteiger partial charge in [-0.15, -0.1) is 0 Å². The molecule has 1 fully saturated rings. The number of nitrogens with one attached hydrogen (secondary N) is 2. The number of amides is 1. The minimum atomic E-state index is -0.192. The van der Waals surface area contributed by atoms with Crippen molar-refractivity contribution in [3.8, 4) is 17.1 Å². The molecule has 8 nitrogen and oxygen atoms in total. The summed E-state index contributed by atoms with van der Waals surface area (Å²) < 4.78 is 5.15. The molecule has 2 aromatic heterocycles. The van der Waals surface area contributed by atoms with Crippen LogP contribution < -0.4 is 15.0 Å². The van der Waals surface area contributed by atoms with E-state index in [0.29, 0.717) is 17.2 Å². The zero-order chi connectivity index (χ0) is 19.3. The Morgan fingerprint density at radius 3 is 2.64 bits per heavy atom. The molecule has 0 bridgehead atoms. The van der Waals surface area contributed by atoms with Crippen molar-refractivity contribution in [3.63, 3.8) is 0 Å². The highest BCUT2D eigenvalue weighted by atomic mass is 16.5. The third kappa shape index (κ3) is 3.95. The summed E-state index contributed by atoms with van der Waals surface area (Å²) >= 11 is 0. The molecule has 0 aliphatic carbocycles. The lowest BCUT2D eigenvalue weighted by atomic mass is 10.2. The number of ether oxygens (including phenoxy) is 1. The molecule has 0 atom stereocenters. The SMILES string of the molecule is COc1ccc(-c2n[nH]c(CNC(=O)c3ccc(N4CCCC4)nc3)n2)cc1. The number of benzene rings is 1. The predicted molar refractivity (Wildman–Crippen MR) is 105 cm³/mol. The summed E-state index contributed by atoms with van der Waals surface area (Å²) in [5.41, 5.74) is 1.40. The van der Waals surface area contributed by atoms with Crippen LogP contribution in [0, 0.1) is 0 Å². The van der Waals surface area contributed by atoms with Gasteiger partial charge in [0.15, 0.2) is 5.82 Å². The quantitative estimate of drug-likeness (QED) is 0.684. The van der Waals surface area contributed by atoms with Crippen molar-refractivity contribution in [2.75, 3.05) is 25.1 Å². The van der Waals surface area contributed by atoms with Gasteiger partial charge in [-0.1, -0.05) is 0 Å². The lowest BCUT2D eigenvalue weighted by Gasteiger charge is -2.16. The van der Waals surface area contributed by atoms with E-state index in [2.05, 4.69) is 30.4 Å². The number of nitrogens with zero attached hydrogens (tertiary/aromatic N) is 4. The van der Waals surface area contributed by atoms with E-state index in [4.69, 9.17) is 4.74 Å². The monoisotopic (exact) mass is 378 g/mol. The largest absolute Gasteiger partial charge is 0.497 e. The first kappa shape index (κ1) is 18.0. The van der Waals surface area contributed by atoms with Crippen molar-refractivity contribution in [3.05, 3.63) is 54.0 Å². The van der Waals surface area contributed by atoms with Crippen molar-refractivity contribution in [2.24, 2.45) is 0 Å². The molecule has 1 aliphatic heterocycles. The van der Waals surface area contributed by atoms with Crippen LogP contribution in [0.2, 0.25) is 0 Å². The molecule has 0 saturated carbocycles. The van der Waals surface area contributed by atoms with Crippen LogP contribution in [0.5, 0.6) is 5.75 Å². The number of aromatic amines is 1.